The van der Waals surface area contributed by atoms with Crippen LogP contribution < -0.4 is 10.1 Å². The Bertz CT molecular complexity index is 419. The number of hydrogen-bond acceptors (Lipinski definition) is 4. The van der Waals surface area contributed by atoms with Gasteiger partial charge in [-0.2, -0.15) is 18.3 Å². The molecular weight excluding hydrogens is 275 g/mol. The average Bonchev–Trinajstić information content (AvgIpc) is 2.77. The highest BCUT2D eigenvalue weighted by Crippen LogP contribution is 2.28. The number of nitrogens with one attached hydrogen (secondary N) is 1. The number of aromatic nitrogens is 2. The predicted octanol–water partition coefficient (Wildman–Crippen LogP) is 2.31. The van der Waals surface area contributed by atoms with Crippen LogP contribution in [0.4, 0.5) is 13.2 Å². The van der Waals surface area contributed by atoms with E-state index < -0.39 is 18.8 Å². The van der Waals surface area contributed by atoms with Gasteiger partial charge in [0.2, 0.25) is 0 Å². The largest absolute Gasteiger partial charge is 0.493 e. The van der Waals surface area contributed by atoms with Crippen LogP contribution in [-0.4, -0.2) is 43.3 Å². The zero-order valence-corrected chi connectivity index (χ0v) is 12.0. The summed E-state index contributed by atoms with van der Waals surface area (Å²) in [5.41, 5.74) is 0.673. The van der Waals surface area contributed by atoms with E-state index in [0.29, 0.717) is 11.4 Å². The Hall–Kier alpha value is -1.28. The van der Waals surface area contributed by atoms with Gasteiger partial charge in [-0.15, -0.1) is 0 Å². The van der Waals surface area contributed by atoms with E-state index in [4.69, 9.17) is 9.47 Å². The van der Waals surface area contributed by atoms with E-state index in [0.717, 1.165) is 0 Å². The maximum absolute atomic E-state index is 12.1. The Labute approximate surface area is 116 Å². The highest BCUT2D eigenvalue weighted by atomic mass is 19.4. The van der Waals surface area contributed by atoms with Crippen LogP contribution >= 0.6 is 0 Å². The fraction of sp³-hybridized carbons (Fsp3) is 0.750. The maximum Gasteiger partial charge on any atom is 0.411 e. The summed E-state index contributed by atoms with van der Waals surface area (Å²) in [6.45, 7) is 2.46. The van der Waals surface area contributed by atoms with E-state index in [1.54, 1.807) is 17.9 Å². The van der Waals surface area contributed by atoms with Crippen molar-refractivity contribution in [3.8, 4) is 5.75 Å². The van der Waals surface area contributed by atoms with E-state index in [9.17, 15) is 13.2 Å². The number of likely N-dealkylation sites (N-methyl/N-ethyl adjacent to an activating group) is 1. The summed E-state index contributed by atoms with van der Waals surface area (Å²) in [5, 5.41) is 7.11. The normalized spacial score (nSPS) is 13.8. The van der Waals surface area contributed by atoms with Crippen molar-refractivity contribution in [3.05, 3.63) is 11.9 Å². The lowest BCUT2D eigenvalue weighted by atomic mass is 10.2. The Balaban J connectivity index is 2.85. The first-order valence-electron chi connectivity index (χ1n) is 6.23. The SMILES string of the molecule is CNC(COCC(F)(F)F)c1c(OC)cnn1C(C)C. The Morgan fingerprint density at radius 1 is 1.40 bits per heavy atom. The summed E-state index contributed by atoms with van der Waals surface area (Å²) in [6, 6.07) is -0.371. The zero-order chi connectivity index (χ0) is 15.3. The highest BCUT2D eigenvalue weighted by molar-refractivity contribution is 5.28. The molecule has 0 amide bonds. The van der Waals surface area contributed by atoms with Gasteiger partial charge >= 0.3 is 6.18 Å². The van der Waals surface area contributed by atoms with Crippen molar-refractivity contribution in [1.82, 2.24) is 15.1 Å². The molecule has 0 bridgehead atoms. The molecule has 1 aromatic rings. The molecule has 0 aliphatic rings. The first-order chi connectivity index (χ1) is 9.30. The lowest BCUT2D eigenvalue weighted by Crippen LogP contribution is -2.28. The molecule has 1 aromatic heterocycles. The molecule has 1 rings (SSSR count). The summed E-state index contributed by atoms with van der Waals surface area (Å²) in [6.07, 6.45) is -2.79. The van der Waals surface area contributed by atoms with Gasteiger partial charge in [0.15, 0.2) is 5.75 Å². The van der Waals surface area contributed by atoms with Gasteiger partial charge < -0.3 is 14.8 Å². The van der Waals surface area contributed by atoms with Gasteiger partial charge in [-0.3, -0.25) is 4.68 Å². The monoisotopic (exact) mass is 295 g/mol. The molecule has 0 saturated heterocycles. The molecular formula is C12H20F3N3O2. The second-order valence-electron chi connectivity index (χ2n) is 4.61. The standard InChI is InChI=1S/C12H20F3N3O2/c1-8(2)18-11(10(19-4)5-17-18)9(16-3)6-20-7-12(13,14)15/h5,8-9,16H,6-7H2,1-4H3. The number of ether oxygens (including phenoxy) is 2. The molecule has 0 fully saturated rings. The lowest BCUT2D eigenvalue weighted by molar-refractivity contribution is -0.175. The molecule has 0 aliphatic carbocycles. The average molecular weight is 295 g/mol. The van der Waals surface area contributed by atoms with Gasteiger partial charge in [0, 0.05) is 6.04 Å². The van der Waals surface area contributed by atoms with Crippen molar-refractivity contribution < 1.29 is 22.6 Å². The van der Waals surface area contributed by atoms with Gasteiger partial charge in [0.1, 0.15) is 6.61 Å². The number of rotatable bonds is 7. The van der Waals surface area contributed by atoms with Gasteiger partial charge in [0.05, 0.1) is 31.6 Å². The zero-order valence-electron chi connectivity index (χ0n) is 12.0. The fourth-order valence-electron chi connectivity index (χ4n) is 1.85. The molecule has 8 heteroatoms. The summed E-state index contributed by atoms with van der Waals surface area (Å²) < 4.78 is 48.0. The van der Waals surface area contributed by atoms with Crippen LogP contribution in [0, 0.1) is 0 Å². The van der Waals surface area contributed by atoms with Crippen LogP contribution in [0.3, 0.4) is 0 Å². The molecule has 0 saturated carbocycles. The van der Waals surface area contributed by atoms with Gasteiger partial charge in [0.25, 0.3) is 0 Å². The molecule has 1 heterocycles. The Morgan fingerprint density at radius 3 is 2.50 bits per heavy atom. The lowest BCUT2D eigenvalue weighted by Gasteiger charge is -2.21. The number of alkyl halides is 3. The second-order valence-corrected chi connectivity index (χ2v) is 4.61. The van der Waals surface area contributed by atoms with Gasteiger partial charge in [-0.1, -0.05) is 0 Å². The van der Waals surface area contributed by atoms with E-state index in [1.165, 1.54) is 7.11 Å². The molecule has 0 radical (unpaired) electrons. The van der Waals surface area contributed by atoms with Crippen LogP contribution in [-0.2, 0) is 4.74 Å². The van der Waals surface area contributed by atoms with Crippen molar-refractivity contribution in [2.45, 2.75) is 32.1 Å². The molecule has 5 nitrogen and oxygen atoms in total. The predicted molar refractivity (Wildman–Crippen MR) is 67.8 cm³/mol. The molecule has 20 heavy (non-hydrogen) atoms. The molecule has 1 unspecified atom stereocenters. The topological polar surface area (TPSA) is 48.3 Å². The summed E-state index contributed by atoms with van der Waals surface area (Å²) in [4.78, 5) is 0. The molecule has 116 valence electrons. The van der Waals surface area contributed by atoms with Crippen LogP contribution in [0.15, 0.2) is 6.20 Å². The van der Waals surface area contributed by atoms with Crippen LogP contribution in [0.25, 0.3) is 0 Å². The minimum absolute atomic E-state index is 0.0624. The first-order valence-corrected chi connectivity index (χ1v) is 6.23. The third-order valence-electron chi connectivity index (χ3n) is 2.74. The highest BCUT2D eigenvalue weighted by Gasteiger charge is 2.29. The Morgan fingerprint density at radius 2 is 2.05 bits per heavy atom. The number of nitrogens with zero attached hydrogens (tertiary/aromatic N) is 2. The molecule has 0 spiro atoms. The number of hydrogen-bond donors (Lipinski definition) is 1. The van der Waals surface area contributed by atoms with E-state index in [2.05, 4.69) is 10.4 Å². The third-order valence-corrected chi connectivity index (χ3v) is 2.74. The van der Waals surface area contributed by atoms with Crippen molar-refractivity contribution in [1.29, 1.82) is 0 Å². The van der Waals surface area contributed by atoms with Gasteiger partial charge in [-0.25, -0.2) is 0 Å². The maximum atomic E-state index is 12.1. The number of methoxy groups -OCH3 is 1. The molecule has 0 aliphatic heterocycles. The van der Waals surface area contributed by atoms with Crippen LogP contribution in [0.2, 0.25) is 0 Å². The fourth-order valence-corrected chi connectivity index (χ4v) is 1.85. The van der Waals surface area contributed by atoms with Crippen LogP contribution in [0.5, 0.6) is 5.75 Å². The summed E-state index contributed by atoms with van der Waals surface area (Å²) in [5.74, 6) is 0.522. The van der Waals surface area contributed by atoms with Gasteiger partial charge in [-0.05, 0) is 20.9 Å². The summed E-state index contributed by atoms with van der Waals surface area (Å²) >= 11 is 0. The minimum atomic E-state index is -4.33. The molecule has 1 atom stereocenters. The summed E-state index contributed by atoms with van der Waals surface area (Å²) in [7, 11) is 3.15. The van der Waals surface area contributed by atoms with Crippen LogP contribution in [0.1, 0.15) is 31.6 Å². The molecule has 0 aromatic carbocycles. The van der Waals surface area contributed by atoms with Crippen molar-refractivity contribution >= 4 is 0 Å². The molecule has 1 N–H and O–H groups in total. The number of halogens is 3. The minimum Gasteiger partial charge on any atom is -0.493 e. The van der Waals surface area contributed by atoms with E-state index in [-0.39, 0.29) is 12.6 Å². The van der Waals surface area contributed by atoms with E-state index >= 15 is 0 Å². The Kier molecular flexibility index (Phi) is 5.82. The third kappa shape index (κ3) is 4.38. The van der Waals surface area contributed by atoms with Crippen molar-refractivity contribution in [3.63, 3.8) is 0 Å². The smallest absolute Gasteiger partial charge is 0.411 e. The quantitative estimate of drug-likeness (QED) is 0.838. The first kappa shape index (κ1) is 16.8. The van der Waals surface area contributed by atoms with E-state index in [1.807, 2.05) is 13.8 Å². The second kappa shape index (κ2) is 6.94. The van der Waals surface area contributed by atoms with Crippen molar-refractivity contribution in [2.75, 3.05) is 27.4 Å². The van der Waals surface area contributed by atoms with Crippen molar-refractivity contribution in [2.24, 2.45) is 0 Å².